The zero-order valence-electron chi connectivity index (χ0n) is 22.7. The zero-order chi connectivity index (χ0) is 24.8. The summed E-state index contributed by atoms with van der Waals surface area (Å²) in [7, 11) is 1.68. The molecule has 1 aromatic heterocycles. The quantitative estimate of drug-likeness (QED) is 0.409. The van der Waals surface area contributed by atoms with Gasteiger partial charge in [0.25, 0.3) is 0 Å². The Morgan fingerprint density at radius 3 is 2.36 bits per heavy atom. The molecule has 4 rings (SSSR count). The summed E-state index contributed by atoms with van der Waals surface area (Å²) in [5.74, 6) is 1.97. The van der Waals surface area contributed by atoms with Crippen LogP contribution in [-0.4, -0.2) is 17.5 Å². The first-order valence-corrected chi connectivity index (χ1v) is 13.0. The van der Waals surface area contributed by atoms with Crippen molar-refractivity contribution >= 4 is 22.8 Å². The van der Waals surface area contributed by atoms with E-state index >= 15 is 0 Å². The number of fused-ring (bicyclic) bond motifs is 3. The van der Waals surface area contributed by atoms with Gasteiger partial charge in [0.15, 0.2) is 5.78 Å². The number of hydrogen-bond donors (Lipinski definition) is 0. The molecule has 0 radical (unpaired) electrons. The van der Waals surface area contributed by atoms with Crippen molar-refractivity contribution in [3.8, 4) is 5.75 Å². The third-order valence-corrected chi connectivity index (χ3v) is 7.54. The number of para-hydroxylation sites is 1. The summed E-state index contributed by atoms with van der Waals surface area (Å²) in [6.07, 6.45) is 12.2. The smallest absolute Gasteiger partial charge is 0.162 e. The number of Topliss-reactive ketones (excluding diaryl/α,β-unsaturated/α-hetero) is 1. The second-order valence-corrected chi connectivity index (χ2v) is 10.6. The fourth-order valence-electron chi connectivity index (χ4n) is 6.20. The number of benzene rings is 1. The SMILES string of the molecule is C/C=C\c1c(C(C)=O)c2cccc(OC)c2n1CCCC.CC.CC12CCC(C1)C(C)(C)C2. The van der Waals surface area contributed by atoms with Crippen LogP contribution in [-0.2, 0) is 6.54 Å². The van der Waals surface area contributed by atoms with Crippen LogP contribution in [0.5, 0.6) is 5.75 Å². The van der Waals surface area contributed by atoms with E-state index in [2.05, 4.69) is 32.3 Å². The van der Waals surface area contributed by atoms with Crippen molar-refractivity contribution in [3.63, 3.8) is 0 Å². The standard InChI is InChI=1S/C18H23NO2.C10H18.C2H6/c1-5-7-12-19-15(9-6-2)17(13(3)20)14-10-8-11-16(21-4)18(14)19;1-9(2)7-10(3)5-4-8(9)6-10;1-2/h6,8-11H,5,7,12H2,1-4H3;8H,4-7H2,1-3H3;1-2H3/b9-6-;;. The average molecular weight is 454 g/mol. The lowest BCUT2D eigenvalue weighted by Crippen LogP contribution is -2.22. The number of allylic oxidation sites excluding steroid dienone is 1. The Bertz CT molecular complexity index is 963. The maximum absolute atomic E-state index is 12.2. The summed E-state index contributed by atoms with van der Waals surface area (Å²) >= 11 is 0. The molecule has 0 spiro atoms. The molecule has 2 aromatic rings. The number of aromatic nitrogens is 1. The third-order valence-electron chi connectivity index (χ3n) is 7.54. The first-order valence-electron chi connectivity index (χ1n) is 13.0. The summed E-state index contributed by atoms with van der Waals surface area (Å²) in [6.45, 7) is 18.0. The van der Waals surface area contributed by atoms with E-state index in [1.54, 1.807) is 14.0 Å². The molecule has 184 valence electrons. The van der Waals surface area contributed by atoms with E-state index in [1.807, 2.05) is 51.1 Å². The number of hydrogen-bond acceptors (Lipinski definition) is 2. The Hall–Kier alpha value is -2.03. The molecule has 2 atom stereocenters. The van der Waals surface area contributed by atoms with Crippen LogP contribution in [0.1, 0.15) is 110 Å². The van der Waals surface area contributed by atoms with E-state index in [9.17, 15) is 4.79 Å². The van der Waals surface area contributed by atoms with Gasteiger partial charge in [-0.1, -0.05) is 66.2 Å². The number of aryl methyl sites for hydroxylation is 1. The van der Waals surface area contributed by atoms with Crippen molar-refractivity contribution in [2.24, 2.45) is 16.7 Å². The van der Waals surface area contributed by atoms with Gasteiger partial charge in [0, 0.05) is 11.9 Å². The normalized spacial score (nSPS) is 22.6. The van der Waals surface area contributed by atoms with Crippen LogP contribution in [0.2, 0.25) is 0 Å². The minimum Gasteiger partial charge on any atom is -0.495 e. The highest BCUT2D eigenvalue weighted by molar-refractivity contribution is 6.11. The molecule has 1 heterocycles. The van der Waals surface area contributed by atoms with Gasteiger partial charge in [0.2, 0.25) is 0 Å². The molecule has 0 saturated heterocycles. The fraction of sp³-hybridized carbons (Fsp3) is 0.633. The van der Waals surface area contributed by atoms with Gasteiger partial charge in [-0.2, -0.15) is 0 Å². The lowest BCUT2D eigenvalue weighted by Gasteiger charge is -2.32. The zero-order valence-corrected chi connectivity index (χ0v) is 22.7. The molecule has 3 nitrogen and oxygen atoms in total. The summed E-state index contributed by atoms with van der Waals surface area (Å²) in [5, 5.41) is 0.978. The van der Waals surface area contributed by atoms with Crippen molar-refractivity contribution in [1.29, 1.82) is 0 Å². The van der Waals surface area contributed by atoms with Gasteiger partial charge in [0.1, 0.15) is 5.75 Å². The van der Waals surface area contributed by atoms with E-state index < -0.39 is 0 Å². The average Bonchev–Trinajstić information content (AvgIpc) is 3.39. The lowest BCUT2D eigenvalue weighted by atomic mass is 9.73. The highest BCUT2D eigenvalue weighted by Crippen LogP contribution is 2.62. The monoisotopic (exact) mass is 453 g/mol. The summed E-state index contributed by atoms with van der Waals surface area (Å²) in [5.41, 5.74) is 4.21. The van der Waals surface area contributed by atoms with Crippen molar-refractivity contribution in [1.82, 2.24) is 4.57 Å². The highest BCUT2D eigenvalue weighted by Gasteiger charge is 2.51. The topological polar surface area (TPSA) is 31.2 Å². The number of ether oxygens (including phenoxy) is 1. The van der Waals surface area contributed by atoms with Crippen LogP contribution >= 0.6 is 0 Å². The fourth-order valence-corrected chi connectivity index (χ4v) is 6.20. The van der Waals surface area contributed by atoms with Gasteiger partial charge in [-0.3, -0.25) is 4.79 Å². The van der Waals surface area contributed by atoms with E-state index in [1.165, 1.54) is 25.7 Å². The predicted octanol–water partition coefficient (Wildman–Crippen LogP) is 8.93. The van der Waals surface area contributed by atoms with Gasteiger partial charge < -0.3 is 9.30 Å². The number of nitrogens with zero attached hydrogens (tertiary/aromatic N) is 1. The molecule has 1 aromatic carbocycles. The molecule has 0 amide bonds. The van der Waals surface area contributed by atoms with Crippen LogP contribution in [0.25, 0.3) is 17.0 Å². The number of unbranched alkanes of at least 4 members (excludes halogenated alkanes) is 1. The van der Waals surface area contributed by atoms with Crippen molar-refractivity contribution in [2.45, 2.75) is 100 Å². The Kier molecular flexibility index (Phi) is 9.40. The Labute approximate surface area is 202 Å². The molecule has 33 heavy (non-hydrogen) atoms. The molecule has 3 heteroatoms. The number of rotatable bonds is 6. The minimum atomic E-state index is 0.0941. The van der Waals surface area contributed by atoms with Gasteiger partial charge in [0.05, 0.1) is 23.9 Å². The number of carbonyl (C=O) groups excluding carboxylic acids is 1. The summed E-state index contributed by atoms with van der Waals surface area (Å²) in [4.78, 5) is 12.2. The maximum atomic E-state index is 12.2. The molecule has 2 bridgehead atoms. The second-order valence-electron chi connectivity index (χ2n) is 10.6. The minimum absolute atomic E-state index is 0.0941. The van der Waals surface area contributed by atoms with E-state index in [4.69, 9.17) is 4.74 Å². The molecule has 2 fully saturated rings. The first kappa shape index (κ1) is 27.2. The van der Waals surface area contributed by atoms with E-state index in [0.717, 1.165) is 58.6 Å². The molecule has 0 aliphatic heterocycles. The number of ketones is 1. The van der Waals surface area contributed by atoms with E-state index in [0.29, 0.717) is 5.41 Å². The first-order chi connectivity index (χ1) is 15.7. The Balaban J connectivity index is 0.000000266. The number of methoxy groups -OCH3 is 1. The molecule has 2 aliphatic carbocycles. The second kappa shape index (κ2) is 11.4. The molecule has 2 unspecified atom stereocenters. The lowest BCUT2D eigenvalue weighted by molar-refractivity contribution is 0.101. The molecule has 0 N–H and O–H groups in total. The van der Waals surface area contributed by atoms with Crippen LogP contribution < -0.4 is 4.74 Å². The van der Waals surface area contributed by atoms with Crippen LogP contribution in [0.15, 0.2) is 24.3 Å². The Morgan fingerprint density at radius 2 is 1.94 bits per heavy atom. The van der Waals surface area contributed by atoms with Crippen molar-refractivity contribution in [3.05, 3.63) is 35.5 Å². The third kappa shape index (κ3) is 5.73. The number of carbonyl (C=O) groups is 1. The van der Waals surface area contributed by atoms with Crippen molar-refractivity contribution in [2.75, 3.05) is 7.11 Å². The van der Waals surface area contributed by atoms with Crippen LogP contribution in [0.4, 0.5) is 0 Å². The summed E-state index contributed by atoms with van der Waals surface area (Å²) < 4.78 is 7.73. The van der Waals surface area contributed by atoms with Gasteiger partial charge in [-0.05, 0) is 74.8 Å². The Morgan fingerprint density at radius 1 is 1.24 bits per heavy atom. The van der Waals surface area contributed by atoms with Gasteiger partial charge >= 0.3 is 0 Å². The highest BCUT2D eigenvalue weighted by atomic mass is 16.5. The van der Waals surface area contributed by atoms with Crippen LogP contribution in [0, 0.1) is 16.7 Å². The maximum Gasteiger partial charge on any atom is 0.162 e. The largest absolute Gasteiger partial charge is 0.495 e. The molecule has 2 saturated carbocycles. The molecule has 2 aliphatic rings. The molecular weight excluding hydrogens is 406 g/mol. The van der Waals surface area contributed by atoms with Gasteiger partial charge in [-0.25, -0.2) is 0 Å². The van der Waals surface area contributed by atoms with Crippen LogP contribution in [0.3, 0.4) is 0 Å². The molecular formula is C30H47NO2. The van der Waals surface area contributed by atoms with Crippen molar-refractivity contribution < 1.29 is 9.53 Å². The van der Waals surface area contributed by atoms with E-state index in [-0.39, 0.29) is 5.78 Å². The predicted molar refractivity (Wildman–Crippen MR) is 143 cm³/mol. The summed E-state index contributed by atoms with van der Waals surface area (Å²) in [6, 6.07) is 5.90. The van der Waals surface area contributed by atoms with Gasteiger partial charge in [-0.15, -0.1) is 0 Å².